The van der Waals surface area contributed by atoms with Crippen LogP contribution in [0, 0.1) is 0 Å². The van der Waals surface area contributed by atoms with Crippen LogP contribution in [-0.4, -0.2) is 39.1 Å². The highest BCUT2D eigenvalue weighted by atomic mass is 35.5. The monoisotopic (exact) mass is 498 g/mol. The van der Waals surface area contributed by atoms with Gasteiger partial charge in [0.2, 0.25) is 0 Å². The van der Waals surface area contributed by atoms with Crippen molar-refractivity contribution in [2.75, 3.05) is 19.6 Å². The average molecular weight is 499 g/mol. The molecule has 0 atom stereocenters. The highest BCUT2D eigenvalue weighted by molar-refractivity contribution is 6.31. The minimum atomic E-state index is -4.53. The van der Waals surface area contributed by atoms with Crippen LogP contribution in [0.4, 0.5) is 13.2 Å². The van der Waals surface area contributed by atoms with Gasteiger partial charge in [0.15, 0.2) is 11.5 Å². The standard InChI is InChI=1S/C27H26ClF3N4/c28-23-13-12-21(18-22(23)27(29,30)31)24-6-3-7-26-32-25(33-35(24)26)17-20-10-8-19(9-11-20)5-4-16-34-14-1-2-15-34/h3,6-13,18H,1-2,4-5,14-17H2. The van der Waals surface area contributed by atoms with Crippen LogP contribution in [0.2, 0.25) is 5.02 Å². The van der Waals surface area contributed by atoms with Gasteiger partial charge in [0.1, 0.15) is 0 Å². The van der Waals surface area contributed by atoms with E-state index in [0.29, 0.717) is 29.1 Å². The predicted octanol–water partition coefficient (Wildman–Crippen LogP) is 6.69. The topological polar surface area (TPSA) is 33.4 Å². The highest BCUT2D eigenvalue weighted by Gasteiger charge is 2.33. The highest BCUT2D eigenvalue weighted by Crippen LogP contribution is 2.37. The lowest BCUT2D eigenvalue weighted by Crippen LogP contribution is -2.20. The summed E-state index contributed by atoms with van der Waals surface area (Å²) in [6, 6.07) is 17.7. The van der Waals surface area contributed by atoms with Gasteiger partial charge >= 0.3 is 6.18 Å². The van der Waals surface area contributed by atoms with E-state index in [4.69, 9.17) is 11.6 Å². The van der Waals surface area contributed by atoms with Crippen molar-refractivity contribution in [2.45, 2.75) is 38.3 Å². The number of hydrogen-bond acceptors (Lipinski definition) is 3. The van der Waals surface area contributed by atoms with E-state index >= 15 is 0 Å². The Morgan fingerprint density at radius 3 is 2.40 bits per heavy atom. The minimum Gasteiger partial charge on any atom is -0.303 e. The average Bonchev–Trinajstić information content (AvgIpc) is 3.49. The molecule has 2 aromatic heterocycles. The van der Waals surface area contributed by atoms with Crippen molar-refractivity contribution in [3.05, 3.63) is 88.2 Å². The molecule has 8 heteroatoms. The van der Waals surface area contributed by atoms with Gasteiger partial charge in [-0.3, -0.25) is 0 Å². The van der Waals surface area contributed by atoms with Gasteiger partial charge in [-0.25, -0.2) is 9.50 Å². The van der Waals surface area contributed by atoms with Gasteiger partial charge in [0, 0.05) is 12.0 Å². The molecular weight excluding hydrogens is 473 g/mol. The van der Waals surface area contributed by atoms with Crippen LogP contribution in [0.25, 0.3) is 16.9 Å². The first kappa shape index (κ1) is 23.8. The van der Waals surface area contributed by atoms with Gasteiger partial charge in [0.25, 0.3) is 0 Å². The molecule has 1 aliphatic rings. The van der Waals surface area contributed by atoms with Gasteiger partial charge in [-0.1, -0.05) is 48.0 Å². The van der Waals surface area contributed by atoms with Crippen LogP contribution in [0.15, 0.2) is 60.7 Å². The molecule has 0 unspecified atom stereocenters. The molecular formula is C27H26ClF3N4. The Labute approximate surface area is 207 Å². The van der Waals surface area contributed by atoms with Crippen LogP contribution in [0.3, 0.4) is 0 Å². The van der Waals surface area contributed by atoms with Crippen LogP contribution in [0.5, 0.6) is 0 Å². The first-order chi connectivity index (χ1) is 16.9. The molecule has 0 amide bonds. The molecule has 35 heavy (non-hydrogen) atoms. The predicted molar refractivity (Wildman–Crippen MR) is 132 cm³/mol. The summed E-state index contributed by atoms with van der Waals surface area (Å²) in [7, 11) is 0. The summed E-state index contributed by atoms with van der Waals surface area (Å²) in [6.45, 7) is 3.62. The van der Waals surface area contributed by atoms with Crippen molar-refractivity contribution in [2.24, 2.45) is 0 Å². The molecule has 5 rings (SSSR count). The van der Waals surface area contributed by atoms with E-state index in [0.717, 1.165) is 31.0 Å². The zero-order valence-corrected chi connectivity index (χ0v) is 20.0. The minimum absolute atomic E-state index is 0.327. The second kappa shape index (κ2) is 9.99. The zero-order chi connectivity index (χ0) is 24.4. The third kappa shape index (κ3) is 5.52. The summed E-state index contributed by atoms with van der Waals surface area (Å²) in [5, 5.41) is 4.27. The quantitative estimate of drug-likeness (QED) is 0.285. The molecule has 0 saturated carbocycles. The Morgan fingerprint density at radius 1 is 0.914 bits per heavy atom. The molecule has 4 aromatic rings. The second-order valence-electron chi connectivity index (χ2n) is 9.05. The van der Waals surface area contributed by atoms with Gasteiger partial charge in [-0.2, -0.15) is 18.3 Å². The number of benzene rings is 2. The SMILES string of the molecule is FC(F)(F)c1cc(-c2cccc3nc(Cc4ccc(CCCN5CCCC5)cc4)nn23)ccc1Cl. The van der Waals surface area contributed by atoms with E-state index < -0.39 is 11.7 Å². The number of fused-ring (bicyclic) bond motifs is 1. The van der Waals surface area contributed by atoms with E-state index in [9.17, 15) is 13.2 Å². The van der Waals surface area contributed by atoms with Crippen LogP contribution in [0.1, 0.15) is 41.8 Å². The van der Waals surface area contributed by atoms with Crippen LogP contribution in [-0.2, 0) is 19.0 Å². The molecule has 182 valence electrons. The van der Waals surface area contributed by atoms with E-state index in [1.807, 2.05) is 0 Å². The Morgan fingerprint density at radius 2 is 1.66 bits per heavy atom. The van der Waals surface area contributed by atoms with Crippen molar-refractivity contribution >= 4 is 17.2 Å². The lowest BCUT2D eigenvalue weighted by Gasteiger charge is -2.13. The van der Waals surface area contributed by atoms with E-state index in [1.54, 1.807) is 28.8 Å². The van der Waals surface area contributed by atoms with Crippen molar-refractivity contribution in [3.63, 3.8) is 0 Å². The molecule has 1 aliphatic heterocycles. The number of pyridine rings is 1. The van der Waals surface area contributed by atoms with E-state index in [-0.39, 0.29) is 5.02 Å². The second-order valence-corrected chi connectivity index (χ2v) is 9.45. The molecule has 1 saturated heterocycles. The van der Waals surface area contributed by atoms with Crippen molar-refractivity contribution < 1.29 is 13.2 Å². The first-order valence-electron chi connectivity index (χ1n) is 11.9. The fourth-order valence-electron chi connectivity index (χ4n) is 4.66. The van der Waals surface area contributed by atoms with Gasteiger partial charge in [0.05, 0.1) is 16.3 Å². The molecule has 4 nitrogen and oxygen atoms in total. The van der Waals surface area contributed by atoms with Crippen LogP contribution < -0.4 is 0 Å². The number of rotatable bonds is 7. The number of likely N-dealkylation sites (tertiary alicyclic amines) is 1. The molecule has 2 aromatic carbocycles. The summed E-state index contributed by atoms with van der Waals surface area (Å²) < 4.78 is 41.6. The zero-order valence-electron chi connectivity index (χ0n) is 19.2. The summed E-state index contributed by atoms with van der Waals surface area (Å²) in [5.74, 6) is 0.615. The maximum Gasteiger partial charge on any atom is 0.417 e. The Balaban J connectivity index is 1.31. The fraction of sp³-hybridized carbons (Fsp3) is 0.333. The summed E-state index contributed by atoms with van der Waals surface area (Å²) in [5.41, 5.74) is 3.03. The summed E-state index contributed by atoms with van der Waals surface area (Å²) >= 11 is 5.79. The van der Waals surface area contributed by atoms with Crippen molar-refractivity contribution in [3.8, 4) is 11.3 Å². The lowest BCUT2D eigenvalue weighted by atomic mass is 10.1. The number of nitrogens with zero attached hydrogens (tertiary/aromatic N) is 4. The lowest BCUT2D eigenvalue weighted by molar-refractivity contribution is -0.137. The third-order valence-corrected chi connectivity index (χ3v) is 6.82. The number of halogens is 4. The maximum atomic E-state index is 13.4. The largest absolute Gasteiger partial charge is 0.417 e. The molecule has 0 bridgehead atoms. The number of hydrogen-bond donors (Lipinski definition) is 0. The van der Waals surface area contributed by atoms with Crippen molar-refractivity contribution in [1.29, 1.82) is 0 Å². The molecule has 3 heterocycles. The van der Waals surface area contributed by atoms with Crippen LogP contribution >= 0.6 is 11.6 Å². The molecule has 0 aliphatic carbocycles. The first-order valence-corrected chi connectivity index (χ1v) is 12.3. The number of alkyl halides is 3. The normalized spacial score (nSPS) is 14.7. The van der Waals surface area contributed by atoms with E-state index in [1.165, 1.54) is 37.6 Å². The van der Waals surface area contributed by atoms with Gasteiger partial charge in [-0.05, 0) is 80.7 Å². The maximum absolute atomic E-state index is 13.4. The fourth-order valence-corrected chi connectivity index (χ4v) is 4.89. The Kier molecular flexibility index (Phi) is 6.80. The Hall–Kier alpha value is -2.90. The summed E-state index contributed by atoms with van der Waals surface area (Å²) in [6.07, 6.45) is 0.881. The molecule has 0 N–H and O–H groups in total. The van der Waals surface area contributed by atoms with Gasteiger partial charge in [-0.15, -0.1) is 0 Å². The molecule has 1 fully saturated rings. The molecule has 0 radical (unpaired) electrons. The molecule has 0 spiro atoms. The Bertz CT molecular complexity index is 1310. The third-order valence-electron chi connectivity index (χ3n) is 6.49. The van der Waals surface area contributed by atoms with E-state index in [2.05, 4.69) is 39.2 Å². The van der Waals surface area contributed by atoms with Gasteiger partial charge < -0.3 is 4.90 Å². The van der Waals surface area contributed by atoms with Crippen molar-refractivity contribution in [1.82, 2.24) is 19.5 Å². The summed E-state index contributed by atoms with van der Waals surface area (Å²) in [4.78, 5) is 7.13. The number of aryl methyl sites for hydroxylation is 1. The number of aromatic nitrogens is 3. The smallest absolute Gasteiger partial charge is 0.303 e.